The van der Waals surface area contributed by atoms with Gasteiger partial charge in [-0.1, -0.05) is 109 Å². The molecule has 0 saturated heterocycles. The van der Waals surface area contributed by atoms with Crippen LogP contribution in [0.3, 0.4) is 0 Å². The SMILES string of the molecule is CCCCCCCCCCCCCCCCCC=CC=COC(C)=O. The smallest absolute Gasteiger partial charge is 0.307 e. The predicted molar refractivity (Wildman–Crippen MR) is 110 cm³/mol. The van der Waals surface area contributed by atoms with Crippen molar-refractivity contribution in [1.29, 1.82) is 0 Å². The summed E-state index contributed by atoms with van der Waals surface area (Å²) in [7, 11) is 0. The van der Waals surface area contributed by atoms with Gasteiger partial charge in [-0.2, -0.15) is 0 Å². The fraction of sp³-hybridized carbons (Fsp3) is 0.783. The van der Waals surface area contributed by atoms with Crippen molar-refractivity contribution in [3.63, 3.8) is 0 Å². The molecule has 0 amide bonds. The molecule has 0 aromatic heterocycles. The number of rotatable bonds is 18. The van der Waals surface area contributed by atoms with Gasteiger partial charge < -0.3 is 4.74 Å². The molecule has 0 aromatic carbocycles. The average molecular weight is 351 g/mol. The molecule has 0 aromatic rings. The Hall–Kier alpha value is -1.05. The molecule has 0 unspecified atom stereocenters. The van der Waals surface area contributed by atoms with E-state index in [0.29, 0.717) is 0 Å². The van der Waals surface area contributed by atoms with Crippen LogP contribution in [0.2, 0.25) is 0 Å². The minimum absolute atomic E-state index is 0.271. The number of carbonyl (C=O) groups excluding carboxylic acids is 1. The van der Waals surface area contributed by atoms with Gasteiger partial charge in [0.1, 0.15) is 0 Å². The van der Waals surface area contributed by atoms with Gasteiger partial charge in [0.15, 0.2) is 0 Å². The molecule has 0 aliphatic carbocycles. The van der Waals surface area contributed by atoms with E-state index in [2.05, 4.69) is 13.0 Å². The quantitative estimate of drug-likeness (QED) is 0.109. The second-order valence-electron chi connectivity index (χ2n) is 7.10. The minimum Gasteiger partial charge on any atom is -0.435 e. The molecule has 0 bridgehead atoms. The van der Waals surface area contributed by atoms with Crippen molar-refractivity contribution < 1.29 is 9.53 Å². The minimum atomic E-state index is -0.271. The fourth-order valence-corrected chi connectivity index (χ4v) is 2.99. The summed E-state index contributed by atoms with van der Waals surface area (Å²) in [6.45, 7) is 3.69. The Bertz CT molecular complexity index is 331. The second kappa shape index (κ2) is 21.0. The van der Waals surface area contributed by atoms with Gasteiger partial charge in [0.05, 0.1) is 6.26 Å². The van der Waals surface area contributed by atoms with Gasteiger partial charge in [0, 0.05) is 6.92 Å². The molecule has 2 nitrogen and oxygen atoms in total. The van der Waals surface area contributed by atoms with Gasteiger partial charge in [-0.05, 0) is 18.9 Å². The third-order valence-electron chi connectivity index (χ3n) is 4.53. The standard InChI is InChI=1S/C23H42O2/c1-3-4-5-6-7-8-9-10-11-12-13-14-15-16-17-18-19-20-21-22-25-23(2)24/h19-22H,3-18H2,1-2H3. The van der Waals surface area contributed by atoms with Crippen LogP contribution in [0.5, 0.6) is 0 Å². The molecule has 0 rings (SSSR count). The first-order valence-electron chi connectivity index (χ1n) is 10.8. The molecule has 0 radical (unpaired) electrons. The predicted octanol–water partition coefficient (Wildman–Crippen LogP) is 7.88. The zero-order chi connectivity index (χ0) is 18.4. The van der Waals surface area contributed by atoms with Crippen LogP contribution in [-0.2, 0) is 9.53 Å². The lowest BCUT2D eigenvalue weighted by atomic mass is 10.0. The van der Waals surface area contributed by atoms with Crippen molar-refractivity contribution >= 4 is 5.97 Å². The Morgan fingerprint density at radius 1 is 0.680 bits per heavy atom. The van der Waals surface area contributed by atoms with E-state index in [1.54, 1.807) is 6.08 Å². The number of allylic oxidation sites excluding steroid dienone is 3. The highest BCUT2D eigenvalue weighted by Gasteiger charge is 1.94. The van der Waals surface area contributed by atoms with E-state index >= 15 is 0 Å². The van der Waals surface area contributed by atoms with Crippen LogP contribution in [0.15, 0.2) is 24.5 Å². The molecule has 0 atom stereocenters. The molecule has 0 saturated carbocycles. The van der Waals surface area contributed by atoms with Crippen LogP contribution >= 0.6 is 0 Å². The van der Waals surface area contributed by atoms with E-state index in [0.717, 1.165) is 6.42 Å². The van der Waals surface area contributed by atoms with Crippen molar-refractivity contribution in [2.45, 2.75) is 117 Å². The third kappa shape index (κ3) is 22.9. The Morgan fingerprint density at radius 2 is 1.12 bits per heavy atom. The van der Waals surface area contributed by atoms with Crippen molar-refractivity contribution in [3.8, 4) is 0 Å². The normalized spacial score (nSPS) is 11.6. The Kier molecular flexibility index (Phi) is 20.1. The first kappa shape index (κ1) is 23.9. The molecule has 0 heterocycles. The highest BCUT2D eigenvalue weighted by Crippen LogP contribution is 2.13. The van der Waals surface area contributed by atoms with Crippen LogP contribution in [-0.4, -0.2) is 5.97 Å². The third-order valence-corrected chi connectivity index (χ3v) is 4.53. The molecule has 0 aliphatic heterocycles. The molecular formula is C23H42O2. The molecular weight excluding hydrogens is 308 g/mol. The lowest BCUT2D eigenvalue weighted by Gasteiger charge is -2.03. The van der Waals surface area contributed by atoms with Crippen molar-refractivity contribution in [2.24, 2.45) is 0 Å². The average Bonchev–Trinajstić information content (AvgIpc) is 2.60. The van der Waals surface area contributed by atoms with Crippen LogP contribution in [0.1, 0.15) is 117 Å². The van der Waals surface area contributed by atoms with Gasteiger partial charge in [0.2, 0.25) is 0 Å². The maximum Gasteiger partial charge on any atom is 0.307 e. The van der Waals surface area contributed by atoms with Gasteiger partial charge in [-0.3, -0.25) is 4.79 Å². The summed E-state index contributed by atoms with van der Waals surface area (Å²) in [5.41, 5.74) is 0. The number of carbonyl (C=O) groups is 1. The lowest BCUT2D eigenvalue weighted by molar-refractivity contribution is -0.135. The summed E-state index contributed by atoms with van der Waals surface area (Å²) in [6, 6.07) is 0. The fourth-order valence-electron chi connectivity index (χ4n) is 2.99. The molecule has 0 fully saturated rings. The first-order chi connectivity index (χ1) is 12.3. The van der Waals surface area contributed by atoms with Crippen molar-refractivity contribution in [1.82, 2.24) is 0 Å². The summed E-state index contributed by atoms with van der Waals surface area (Å²) in [5.74, 6) is -0.271. The Labute approximate surface area is 157 Å². The highest BCUT2D eigenvalue weighted by atomic mass is 16.5. The maximum absolute atomic E-state index is 10.5. The molecule has 0 N–H and O–H groups in total. The Morgan fingerprint density at radius 3 is 1.56 bits per heavy atom. The van der Waals surface area contributed by atoms with Gasteiger partial charge in [0.25, 0.3) is 0 Å². The highest BCUT2D eigenvalue weighted by molar-refractivity contribution is 5.66. The van der Waals surface area contributed by atoms with E-state index in [1.165, 1.54) is 109 Å². The summed E-state index contributed by atoms with van der Waals surface area (Å²) < 4.78 is 4.70. The molecule has 25 heavy (non-hydrogen) atoms. The zero-order valence-corrected chi connectivity index (χ0v) is 16.9. The van der Waals surface area contributed by atoms with Crippen LogP contribution < -0.4 is 0 Å². The maximum atomic E-state index is 10.5. The van der Waals surface area contributed by atoms with Gasteiger partial charge >= 0.3 is 5.97 Å². The summed E-state index contributed by atoms with van der Waals surface area (Å²) in [4.78, 5) is 10.5. The summed E-state index contributed by atoms with van der Waals surface area (Å²) >= 11 is 0. The van der Waals surface area contributed by atoms with Gasteiger partial charge in [-0.25, -0.2) is 0 Å². The van der Waals surface area contributed by atoms with E-state index in [9.17, 15) is 4.79 Å². The van der Waals surface area contributed by atoms with E-state index in [1.807, 2.05) is 6.08 Å². The molecule has 146 valence electrons. The number of hydrogen-bond acceptors (Lipinski definition) is 2. The summed E-state index contributed by atoms with van der Waals surface area (Å²) in [6.07, 6.45) is 29.5. The number of unbranched alkanes of at least 4 members (excludes halogenated alkanes) is 15. The van der Waals surface area contributed by atoms with Gasteiger partial charge in [-0.15, -0.1) is 0 Å². The second-order valence-corrected chi connectivity index (χ2v) is 7.10. The zero-order valence-electron chi connectivity index (χ0n) is 16.9. The van der Waals surface area contributed by atoms with E-state index < -0.39 is 0 Å². The van der Waals surface area contributed by atoms with Crippen molar-refractivity contribution in [3.05, 3.63) is 24.5 Å². The van der Waals surface area contributed by atoms with E-state index in [-0.39, 0.29) is 5.97 Å². The number of ether oxygens (including phenoxy) is 1. The van der Waals surface area contributed by atoms with Crippen LogP contribution in [0.4, 0.5) is 0 Å². The van der Waals surface area contributed by atoms with E-state index in [4.69, 9.17) is 4.74 Å². The van der Waals surface area contributed by atoms with Crippen molar-refractivity contribution in [2.75, 3.05) is 0 Å². The number of esters is 1. The lowest BCUT2D eigenvalue weighted by Crippen LogP contribution is -1.88. The monoisotopic (exact) mass is 350 g/mol. The van der Waals surface area contributed by atoms with Crippen LogP contribution in [0.25, 0.3) is 0 Å². The first-order valence-corrected chi connectivity index (χ1v) is 10.8. The number of hydrogen-bond donors (Lipinski definition) is 0. The topological polar surface area (TPSA) is 26.3 Å². The van der Waals surface area contributed by atoms with Crippen LogP contribution in [0, 0.1) is 0 Å². The molecule has 2 heteroatoms. The largest absolute Gasteiger partial charge is 0.435 e. The summed E-state index contributed by atoms with van der Waals surface area (Å²) in [5, 5.41) is 0. The molecule has 0 spiro atoms. The Balaban J connectivity index is 3.10. The molecule has 0 aliphatic rings.